The molecule has 1 aliphatic rings. The summed E-state index contributed by atoms with van der Waals surface area (Å²) in [6, 6.07) is 7.94. The van der Waals surface area contributed by atoms with Crippen LogP contribution in [0.3, 0.4) is 0 Å². The van der Waals surface area contributed by atoms with Crippen LogP contribution in [-0.4, -0.2) is 24.0 Å². The van der Waals surface area contributed by atoms with Crippen molar-refractivity contribution in [2.75, 3.05) is 7.11 Å². The minimum Gasteiger partial charge on any atom is -0.496 e. The predicted octanol–water partition coefficient (Wildman–Crippen LogP) is 3.49. The Morgan fingerprint density at radius 2 is 2.14 bits per heavy atom. The maximum Gasteiger partial charge on any atom is 0.267 e. The Morgan fingerprint density at radius 3 is 2.90 bits per heavy atom. The van der Waals surface area contributed by atoms with Gasteiger partial charge in [-0.3, -0.25) is 4.79 Å². The second-order valence-corrected chi connectivity index (χ2v) is 5.95. The zero-order chi connectivity index (χ0) is 14.8. The molecule has 21 heavy (non-hydrogen) atoms. The number of rotatable bonds is 3. The number of fused-ring (bicyclic) bond motifs is 1. The van der Waals surface area contributed by atoms with Gasteiger partial charge in [0, 0.05) is 16.9 Å². The number of amides is 1. The van der Waals surface area contributed by atoms with Crippen LogP contribution in [0.4, 0.5) is 0 Å². The van der Waals surface area contributed by atoms with Gasteiger partial charge in [-0.15, -0.1) is 0 Å². The Labute approximate surface area is 124 Å². The van der Waals surface area contributed by atoms with Crippen molar-refractivity contribution in [3.63, 3.8) is 0 Å². The molecule has 0 aliphatic heterocycles. The van der Waals surface area contributed by atoms with Gasteiger partial charge < -0.3 is 15.0 Å². The number of carbonyl (C=O) groups excluding carboxylic acids is 1. The molecule has 1 amide bonds. The fraction of sp³-hybridized carbons (Fsp3) is 0.471. The first-order chi connectivity index (χ1) is 10.2. The number of carbonyl (C=O) groups is 1. The monoisotopic (exact) mass is 286 g/mol. The minimum atomic E-state index is -0.0213. The van der Waals surface area contributed by atoms with E-state index in [2.05, 4.69) is 17.2 Å². The zero-order valence-electron chi connectivity index (χ0n) is 12.6. The van der Waals surface area contributed by atoms with E-state index in [1.807, 2.05) is 24.3 Å². The van der Waals surface area contributed by atoms with E-state index in [0.29, 0.717) is 17.7 Å². The summed E-state index contributed by atoms with van der Waals surface area (Å²) in [5, 5.41) is 4.12. The van der Waals surface area contributed by atoms with E-state index >= 15 is 0 Å². The number of nitrogens with one attached hydrogen (secondary N) is 2. The van der Waals surface area contributed by atoms with Crippen LogP contribution in [-0.2, 0) is 0 Å². The lowest BCUT2D eigenvalue weighted by Crippen LogP contribution is -2.41. The van der Waals surface area contributed by atoms with Gasteiger partial charge >= 0.3 is 0 Å². The highest BCUT2D eigenvalue weighted by Gasteiger charge is 2.24. The van der Waals surface area contributed by atoms with E-state index < -0.39 is 0 Å². The highest BCUT2D eigenvalue weighted by molar-refractivity contribution is 5.99. The van der Waals surface area contributed by atoms with Gasteiger partial charge in [-0.2, -0.15) is 0 Å². The second-order valence-electron chi connectivity index (χ2n) is 5.95. The number of methoxy groups -OCH3 is 1. The first kappa shape index (κ1) is 14.0. The average Bonchev–Trinajstić information content (AvgIpc) is 2.93. The van der Waals surface area contributed by atoms with Crippen molar-refractivity contribution in [1.82, 2.24) is 10.3 Å². The lowest BCUT2D eigenvalue weighted by atomic mass is 9.86. The molecule has 0 spiro atoms. The van der Waals surface area contributed by atoms with Gasteiger partial charge in [0.05, 0.1) is 7.11 Å². The van der Waals surface area contributed by atoms with E-state index in [4.69, 9.17) is 4.74 Å². The first-order valence-electron chi connectivity index (χ1n) is 7.65. The van der Waals surface area contributed by atoms with Gasteiger partial charge in [-0.05, 0) is 37.0 Å². The van der Waals surface area contributed by atoms with E-state index in [9.17, 15) is 4.79 Å². The Kier molecular flexibility index (Phi) is 3.86. The molecule has 1 aromatic carbocycles. The lowest BCUT2D eigenvalue weighted by molar-refractivity contribution is 0.0906. The molecule has 2 N–H and O–H groups in total. The van der Waals surface area contributed by atoms with Crippen molar-refractivity contribution in [3.8, 4) is 5.75 Å². The van der Waals surface area contributed by atoms with Crippen LogP contribution in [0.15, 0.2) is 24.3 Å². The van der Waals surface area contributed by atoms with Gasteiger partial charge in [0.25, 0.3) is 5.91 Å². The molecule has 1 heterocycles. The normalized spacial score (nSPS) is 22.2. The Balaban J connectivity index is 1.81. The molecule has 0 radical (unpaired) electrons. The van der Waals surface area contributed by atoms with Crippen LogP contribution < -0.4 is 10.1 Å². The summed E-state index contributed by atoms with van der Waals surface area (Å²) in [7, 11) is 1.64. The third kappa shape index (κ3) is 2.75. The largest absolute Gasteiger partial charge is 0.496 e. The molecule has 0 bridgehead atoms. The number of aromatic amines is 1. The molecule has 3 rings (SSSR count). The van der Waals surface area contributed by atoms with Crippen LogP contribution >= 0.6 is 0 Å². The molecule has 1 saturated carbocycles. The molecule has 4 nitrogen and oxygen atoms in total. The predicted molar refractivity (Wildman–Crippen MR) is 83.7 cm³/mol. The SMILES string of the molecule is COc1cccc2[nH]c(C(=O)NC3CCCCC3C)cc12. The average molecular weight is 286 g/mol. The third-order valence-corrected chi connectivity index (χ3v) is 4.52. The Bertz CT molecular complexity index is 647. The Hall–Kier alpha value is -1.97. The molecular weight excluding hydrogens is 264 g/mol. The topological polar surface area (TPSA) is 54.1 Å². The number of H-pyrrole nitrogens is 1. The van der Waals surface area contributed by atoms with E-state index in [0.717, 1.165) is 23.1 Å². The zero-order valence-corrected chi connectivity index (χ0v) is 12.6. The molecule has 4 heteroatoms. The minimum absolute atomic E-state index is 0.0213. The van der Waals surface area contributed by atoms with Crippen molar-refractivity contribution < 1.29 is 9.53 Å². The van der Waals surface area contributed by atoms with Crippen molar-refractivity contribution in [1.29, 1.82) is 0 Å². The van der Waals surface area contributed by atoms with Gasteiger partial charge in [0.1, 0.15) is 11.4 Å². The lowest BCUT2D eigenvalue weighted by Gasteiger charge is -2.29. The third-order valence-electron chi connectivity index (χ3n) is 4.52. The van der Waals surface area contributed by atoms with E-state index in [1.54, 1.807) is 7.11 Å². The van der Waals surface area contributed by atoms with Crippen molar-refractivity contribution >= 4 is 16.8 Å². The molecule has 2 atom stereocenters. The number of benzene rings is 1. The maximum atomic E-state index is 12.4. The summed E-state index contributed by atoms with van der Waals surface area (Å²) in [5.74, 6) is 1.32. The van der Waals surface area contributed by atoms with Crippen LogP contribution in [0.2, 0.25) is 0 Å². The molecule has 0 saturated heterocycles. The van der Waals surface area contributed by atoms with E-state index in [1.165, 1.54) is 19.3 Å². The smallest absolute Gasteiger partial charge is 0.267 e. The van der Waals surface area contributed by atoms with Gasteiger partial charge in [0.2, 0.25) is 0 Å². The molecule has 2 aromatic rings. The summed E-state index contributed by atoms with van der Waals surface area (Å²) in [4.78, 5) is 15.6. The highest BCUT2D eigenvalue weighted by atomic mass is 16.5. The van der Waals surface area contributed by atoms with Crippen molar-refractivity contribution in [3.05, 3.63) is 30.0 Å². The van der Waals surface area contributed by atoms with E-state index in [-0.39, 0.29) is 5.91 Å². The summed E-state index contributed by atoms with van der Waals surface area (Å²) in [6.07, 6.45) is 4.76. The van der Waals surface area contributed by atoms with Crippen LogP contribution in [0.5, 0.6) is 5.75 Å². The van der Waals surface area contributed by atoms with Crippen LogP contribution in [0.1, 0.15) is 43.1 Å². The summed E-state index contributed by atoms with van der Waals surface area (Å²) in [6.45, 7) is 2.22. The molecule has 2 unspecified atom stereocenters. The van der Waals surface area contributed by atoms with Crippen LogP contribution in [0, 0.1) is 5.92 Å². The fourth-order valence-corrected chi connectivity index (χ4v) is 3.20. The molecule has 1 fully saturated rings. The highest BCUT2D eigenvalue weighted by Crippen LogP contribution is 2.27. The summed E-state index contributed by atoms with van der Waals surface area (Å²) in [5.41, 5.74) is 1.53. The number of ether oxygens (including phenoxy) is 1. The standard InChI is InChI=1S/C17H22N2O2/c1-11-6-3-4-7-13(11)19-17(20)15-10-12-14(18-15)8-5-9-16(12)21-2/h5,8-11,13,18H,3-4,6-7H2,1-2H3,(H,19,20). The Morgan fingerprint density at radius 1 is 1.33 bits per heavy atom. The number of hydrogen-bond acceptors (Lipinski definition) is 2. The van der Waals surface area contributed by atoms with Crippen molar-refractivity contribution in [2.45, 2.75) is 38.6 Å². The van der Waals surface area contributed by atoms with Crippen molar-refractivity contribution in [2.24, 2.45) is 5.92 Å². The summed E-state index contributed by atoms with van der Waals surface area (Å²) < 4.78 is 5.34. The van der Waals surface area contributed by atoms with Crippen LogP contribution in [0.25, 0.3) is 10.9 Å². The summed E-state index contributed by atoms with van der Waals surface area (Å²) >= 11 is 0. The molecule has 1 aliphatic carbocycles. The van der Waals surface area contributed by atoms with Gasteiger partial charge in [-0.1, -0.05) is 25.8 Å². The first-order valence-corrected chi connectivity index (χ1v) is 7.65. The molecular formula is C17H22N2O2. The van der Waals surface area contributed by atoms with Gasteiger partial charge in [-0.25, -0.2) is 0 Å². The van der Waals surface area contributed by atoms with Gasteiger partial charge in [0.15, 0.2) is 0 Å². The molecule has 112 valence electrons. The fourth-order valence-electron chi connectivity index (χ4n) is 3.20. The number of aromatic nitrogens is 1. The number of hydrogen-bond donors (Lipinski definition) is 2. The molecule has 1 aromatic heterocycles. The maximum absolute atomic E-state index is 12.4. The second kappa shape index (κ2) is 5.80. The quantitative estimate of drug-likeness (QED) is 0.907.